The Bertz CT molecular complexity index is 850. The second kappa shape index (κ2) is 10.8. The standard InChI is InChI=1S/C23H28ClN3O2S/c1-2-27(22(28)17-30)21-9-5-19(6-10-21)23(29)26-15-13-25(14-16-26)12-11-18-3-7-20(24)8-4-18/h3-10,30H,2,11-17H2,1H3. The van der Waals surface area contributed by atoms with Crippen molar-refractivity contribution in [1.29, 1.82) is 0 Å². The third-order valence-corrected chi connectivity index (χ3v) is 5.99. The number of nitrogens with zero attached hydrogens (tertiary/aromatic N) is 3. The summed E-state index contributed by atoms with van der Waals surface area (Å²) in [6.07, 6.45) is 0.978. The number of rotatable bonds is 7. The predicted molar refractivity (Wildman–Crippen MR) is 126 cm³/mol. The Hall–Kier alpha value is -2.02. The number of carbonyl (C=O) groups is 2. The number of benzene rings is 2. The van der Waals surface area contributed by atoms with Gasteiger partial charge in [0.1, 0.15) is 0 Å². The highest BCUT2D eigenvalue weighted by molar-refractivity contribution is 7.81. The lowest BCUT2D eigenvalue weighted by Gasteiger charge is -2.35. The number of piperazine rings is 1. The molecule has 0 radical (unpaired) electrons. The molecule has 2 aromatic carbocycles. The normalized spacial score (nSPS) is 14.6. The van der Waals surface area contributed by atoms with Crippen LogP contribution in [0.3, 0.4) is 0 Å². The minimum Gasteiger partial charge on any atom is -0.336 e. The molecule has 0 unspecified atom stereocenters. The first-order chi connectivity index (χ1) is 14.5. The van der Waals surface area contributed by atoms with Crippen molar-refractivity contribution < 1.29 is 9.59 Å². The van der Waals surface area contributed by atoms with E-state index in [9.17, 15) is 9.59 Å². The summed E-state index contributed by atoms with van der Waals surface area (Å²) in [5.74, 6) is 0.161. The molecule has 3 rings (SSSR count). The minimum absolute atomic E-state index is 0.0440. The average Bonchev–Trinajstić information content (AvgIpc) is 2.79. The van der Waals surface area contributed by atoms with Gasteiger partial charge in [0.25, 0.3) is 5.91 Å². The van der Waals surface area contributed by atoms with Crippen LogP contribution in [0.25, 0.3) is 0 Å². The number of hydrogen-bond acceptors (Lipinski definition) is 4. The molecule has 0 aromatic heterocycles. The molecule has 0 aliphatic carbocycles. The van der Waals surface area contributed by atoms with Gasteiger partial charge in [-0.3, -0.25) is 14.5 Å². The number of hydrogen-bond donors (Lipinski definition) is 1. The molecule has 30 heavy (non-hydrogen) atoms. The van der Waals surface area contributed by atoms with Gasteiger partial charge in [-0.25, -0.2) is 0 Å². The Kier molecular flexibility index (Phi) is 8.19. The third-order valence-electron chi connectivity index (χ3n) is 5.47. The van der Waals surface area contributed by atoms with Crippen molar-refractivity contribution in [3.8, 4) is 0 Å². The van der Waals surface area contributed by atoms with Crippen LogP contribution in [0, 0.1) is 0 Å². The summed E-state index contributed by atoms with van der Waals surface area (Å²) in [6, 6.07) is 15.3. The summed E-state index contributed by atoms with van der Waals surface area (Å²) in [7, 11) is 0. The molecule has 0 N–H and O–H groups in total. The molecular weight excluding hydrogens is 418 g/mol. The van der Waals surface area contributed by atoms with Crippen LogP contribution in [-0.4, -0.2) is 66.6 Å². The van der Waals surface area contributed by atoms with Gasteiger partial charge in [-0.05, 0) is 55.3 Å². The first kappa shape index (κ1) is 22.7. The predicted octanol–water partition coefficient (Wildman–Crippen LogP) is 3.62. The van der Waals surface area contributed by atoms with E-state index in [4.69, 9.17) is 11.6 Å². The molecule has 0 bridgehead atoms. The monoisotopic (exact) mass is 445 g/mol. The van der Waals surface area contributed by atoms with Crippen LogP contribution in [0.4, 0.5) is 5.69 Å². The highest BCUT2D eigenvalue weighted by atomic mass is 35.5. The van der Waals surface area contributed by atoms with Crippen LogP contribution < -0.4 is 4.90 Å². The van der Waals surface area contributed by atoms with Crippen LogP contribution in [-0.2, 0) is 11.2 Å². The van der Waals surface area contributed by atoms with E-state index in [1.165, 1.54) is 5.56 Å². The molecule has 0 atom stereocenters. The number of carbonyl (C=O) groups excluding carboxylic acids is 2. The van der Waals surface area contributed by atoms with Gasteiger partial charge >= 0.3 is 0 Å². The van der Waals surface area contributed by atoms with Crippen molar-refractivity contribution in [2.45, 2.75) is 13.3 Å². The molecule has 5 nitrogen and oxygen atoms in total. The van der Waals surface area contributed by atoms with Gasteiger partial charge in [-0.2, -0.15) is 12.6 Å². The summed E-state index contributed by atoms with van der Waals surface area (Å²) in [5.41, 5.74) is 2.72. The topological polar surface area (TPSA) is 43.9 Å². The second-order valence-corrected chi connectivity index (χ2v) is 8.11. The molecule has 160 valence electrons. The lowest BCUT2D eigenvalue weighted by molar-refractivity contribution is -0.116. The lowest BCUT2D eigenvalue weighted by atomic mass is 10.1. The van der Waals surface area contributed by atoms with Crippen LogP contribution in [0.15, 0.2) is 48.5 Å². The van der Waals surface area contributed by atoms with E-state index in [-0.39, 0.29) is 17.6 Å². The fourth-order valence-corrected chi connectivity index (χ4v) is 3.96. The van der Waals surface area contributed by atoms with Gasteiger partial charge < -0.3 is 9.80 Å². The second-order valence-electron chi connectivity index (χ2n) is 7.35. The van der Waals surface area contributed by atoms with E-state index >= 15 is 0 Å². The van der Waals surface area contributed by atoms with E-state index in [1.54, 1.807) is 17.0 Å². The zero-order valence-electron chi connectivity index (χ0n) is 17.3. The van der Waals surface area contributed by atoms with Gasteiger partial charge in [-0.15, -0.1) is 0 Å². The zero-order valence-corrected chi connectivity index (χ0v) is 18.9. The van der Waals surface area contributed by atoms with E-state index in [0.717, 1.165) is 49.9 Å². The van der Waals surface area contributed by atoms with Crippen molar-refractivity contribution in [1.82, 2.24) is 9.80 Å². The van der Waals surface area contributed by atoms with E-state index < -0.39 is 0 Å². The lowest BCUT2D eigenvalue weighted by Crippen LogP contribution is -2.49. The average molecular weight is 446 g/mol. The molecule has 1 saturated heterocycles. The first-order valence-corrected chi connectivity index (χ1v) is 11.3. The summed E-state index contributed by atoms with van der Waals surface area (Å²) in [5, 5.41) is 0.759. The summed E-state index contributed by atoms with van der Waals surface area (Å²) < 4.78 is 0. The van der Waals surface area contributed by atoms with E-state index in [0.29, 0.717) is 12.1 Å². The molecule has 1 aliphatic rings. The molecule has 2 aromatic rings. The summed E-state index contributed by atoms with van der Waals surface area (Å²) >= 11 is 10.0. The smallest absolute Gasteiger partial charge is 0.253 e. The Morgan fingerprint density at radius 2 is 1.63 bits per heavy atom. The van der Waals surface area contributed by atoms with Gasteiger partial charge in [0.05, 0.1) is 5.75 Å². The number of thiol groups is 1. The molecule has 7 heteroatoms. The molecule has 2 amide bonds. The van der Waals surface area contributed by atoms with Gasteiger partial charge in [0, 0.05) is 55.5 Å². The third kappa shape index (κ3) is 5.78. The SMILES string of the molecule is CCN(C(=O)CS)c1ccc(C(=O)N2CCN(CCc3ccc(Cl)cc3)CC2)cc1. The van der Waals surface area contributed by atoms with Crippen molar-refractivity contribution >= 4 is 41.7 Å². The number of halogens is 1. The Balaban J connectivity index is 1.51. The summed E-state index contributed by atoms with van der Waals surface area (Å²) in [6.45, 7) is 6.66. The van der Waals surface area contributed by atoms with Crippen molar-refractivity contribution in [3.05, 3.63) is 64.7 Å². The molecule has 0 spiro atoms. The van der Waals surface area contributed by atoms with Crippen molar-refractivity contribution in [2.75, 3.05) is 49.9 Å². The molecule has 1 aliphatic heterocycles. The van der Waals surface area contributed by atoms with Crippen molar-refractivity contribution in [3.63, 3.8) is 0 Å². The van der Waals surface area contributed by atoms with Crippen LogP contribution in [0.5, 0.6) is 0 Å². The molecule has 1 heterocycles. The fourth-order valence-electron chi connectivity index (χ4n) is 3.67. The number of anilines is 1. The zero-order chi connectivity index (χ0) is 21.5. The maximum Gasteiger partial charge on any atom is 0.253 e. The molecular formula is C23H28ClN3O2S. The Morgan fingerprint density at radius 3 is 2.20 bits per heavy atom. The van der Waals surface area contributed by atoms with Crippen molar-refractivity contribution in [2.24, 2.45) is 0 Å². The van der Waals surface area contributed by atoms with E-state index in [2.05, 4.69) is 29.7 Å². The Labute approximate surface area is 189 Å². The Morgan fingerprint density at radius 1 is 1.00 bits per heavy atom. The van der Waals surface area contributed by atoms with Crippen LogP contribution in [0.1, 0.15) is 22.8 Å². The summed E-state index contributed by atoms with van der Waals surface area (Å²) in [4.78, 5) is 30.8. The van der Waals surface area contributed by atoms with Crippen LogP contribution >= 0.6 is 24.2 Å². The van der Waals surface area contributed by atoms with E-state index in [1.807, 2.05) is 36.1 Å². The van der Waals surface area contributed by atoms with Gasteiger partial charge in [-0.1, -0.05) is 23.7 Å². The first-order valence-electron chi connectivity index (χ1n) is 10.3. The molecule has 1 fully saturated rings. The largest absolute Gasteiger partial charge is 0.336 e. The maximum atomic E-state index is 12.9. The highest BCUT2D eigenvalue weighted by Crippen LogP contribution is 2.18. The van der Waals surface area contributed by atoms with Gasteiger partial charge in [0.2, 0.25) is 5.91 Å². The number of amides is 2. The van der Waals surface area contributed by atoms with Gasteiger partial charge in [0.15, 0.2) is 0 Å². The highest BCUT2D eigenvalue weighted by Gasteiger charge is 2.22. The quantitative estimate of drug-likeness (QED) is 0.662. The fraction of sp³-hybridized carbons (Fsp3) is 0.391. The molecule has 0 saturated carbocycles. The van der Waals surface area contributed by atoms with Crippen LogP contribution in [0.2, 0.25) is 5.02 Å². The minimum atomic E-state index is -0.0466. The maximum absolute atomic E-state index is 12.9.